The number of anilines is 1. The van der Waals surface area contributed by atoms with Crippen LogP contribution in [0.2, 0.25) is 0 Å². The molecule has 31 heavy (non-hydrogen) atoms. The van der Waals surface area contributed by atoms with Gasteiger partial charge >= 0.3 is 6.18 Å². The van der Waals surface area contributed by atoms with E-state index in [0.29, 0.717) is 5.56 Å². The van der Waals surface area contributed by atoms with Crippen molar-refractivity contribution in [2.75, 3.05) is 11.0 Å². The van der Waals surface area contributed by atoms with Gasteiger partial charge in [-0.2, -0.15) is 13.2 Å². The van der Waals surface area contributed by atoms with Crippen molar-refractivity contribution in [2.45, 2.75) is 31.7 Å². The van der Waals surface area contributed by atoms with Crippen LogP contribution in [0.25, 0.3) is 0 Å². The molecule has 1 heterocycles. The summed E-state index contributed by atoms with van der Waals surface area (Å²) in [6.45, 7) is -0.272. The van der Waals surface area contributed by atoms with Gasteiger partial charge in [-0.3, -0.25) is 9.52 Å². The lowest BCUT2D eigenvalue weighted by atomic mass is 9.99. The summed E-state index contributed by atoms with van der Waals surface area (Å²) in [6, 6.07) is 4.72. The first-order valence-corrected chi connectivity index (χ1v) is 10.8. The number of hydrogen-bond acceptors (Lipinski definition) is 4. The Labute approximate surface area is 174 Å². The minimum Gasteiger partial charge on any atom is -0.480 e. The Morgan fingerprint density at radius 3 is 2.39 bits per heavy atom. The second-order valence-electron chi connectivity index (χ2n) is 6.99. The van der Waals surface area contributed by atoms with Gasteiger partial charge in [0.15, 0.2) is 17.7 Å². The minimum absolute atomic E-state index is 0.0356. The average Bonchev–Trinajstić information content (AvgIpc) is 2.66. The Morgan fingerprint density at radius 1 is 1.16 bits per heavy atom. The van der Waals surface area contributed by atoms with E-state index in [9.17, 15) is 35.2 Å². The van der Waals surface area contributed by atoms with Crippen molar-refractivity contribution in [3.63, 3.8) is 0 Å². The van der Waals surface area contributed by atoms with Crippen LogP contribution in [0.3, 0.4) is 0 Å². The van der Waals surface area contributed by atoms with Gasteiger partial charge in [0.25, 0.3) is 5.91 Å². The maximum absolute atomic E-state index is 14.0. The molecule has 0 saturated heterocycles. The molecular formula is C19H17F5N2O4S. The highest BCUT2D eigenvalue weighted by molar-refractivity contribution is 7.92. The molecule has 168 valence electrons. The van der Waals surface area contributed by atoms with E-state index in [0.717, 1.165) is 36.6 Å². The molecule has 0 fully saturated rings. The van der Waals surface area contributed by atoms with Crippen LogP contribution in [0, 0.1) is 11.6 Å². The van der Waals surface area contributed by atoms with Crippen molar-refractivity contribution in [2.24, 2.45) is 0 Å². The first kappa shape index (κ1) is 22.8. The van der Waals surface area contributed by atoms with Crippen LogP contribution in [0.1, 0.15) is 23.1 Å². The van der Waals surface area contributed by atoms with Crippen molar-refractivity contribution in [1.29, 1.82) is 0 Å². The van der Waals surface area contributed by atoms with E-state index in [1.807, 2.05) is 0 Å². The number of carbonyl (C=O) groups is 1. The summed E-state index contributed by atoms with van der Waals surface area (Å²) in [5, 5.41) is 2.44. The van der Waals surface area contributed by atoms with Gasteiger partial charge in [-0.05, 0) is 54.3 Å². The molecular weight excluding hydrogens is 447 g/mol. The molecule has 1 unspecified atom stereocenters. The fraction of sp³-hybridized carbons (Fsp3) is 0.316. The number of amides is 1. The standard InChI is InChI=1S/C19H17F5N2O4S/c1-31(28,29)26-17-13(20)6-10(7-14(17)21)9-25-18(27)16-4-2-11-8-12(19(22,23)24)3-5-15(11)30-16/h3,5-8,16,26H,2,4,9H2,1H3,(H,25,27). The van der Waals surface area contributed by atoms with Crippen LogP contribution >= 0.6 is 0 Å². The lowest BCUT2D eigenvalue weighted by Crippen LogP contribution is -2.40. The molecule has 2 N–H and O–H groups in total. The van der Waals surface area contributed by atoms with Crippen LogP contribution < -0.4 is 14.8 Å². The Hall–Kier alpha value is -2.89. The first-order chi connectivity index (χ1) is 14.3. The number of hydrogen-bond donors (Lipinski definition) is 2. The number of fused-ring (bicyclic) bond motifs is 1. The van der Waals surface area contributed by atoms with Gasteiger partial charge in [-0.15, -0.1) is 0 Å². The zero-order valence-electron chi connectivity index (χ0n) is 16.0. The molecule has 2 aromatic rings. The van der Waals surface area contributed by atoms with E-state index >= 15 is 0 Å². The number of alkyl halides is 3. The summed E-state index contributed by atoms with van der Waals surface area (Å²) in [7, 11) is -3.89. The summed E-state index contributed by atoms with van der Waals surface area (Å²) >= 11 is 0. The number of benzene rings is 2. The first-order valence-electron chi connectivity index (χ1n) is 8.93. The Morgan fingerprint density at radius 2 is 1.81 bits per heavy atom. The highest BCUT2D eigenvalue weighted by Gasteiger charge is 2.33. The highest BCUT2D eigenvalue weighted by Crippen LogP contribution is 2.35. The quantitative estimate of drug-likeness (QED) is 0.665. The maximum atomic E-state index is 14.0. The number of sulfonamides is 1. The Bertz CT molecular complexity index is 1100. The van der Waals surface area contributed by atoms with E-state index in [-0.39, 0.29) is 30.7 Å². The highest BCUT2D eigenvalue weighted by atomic mass is 32.2. The van der Waals surface area contributed by atoms with Gasteiger partial charge < -0.3 is 10.1 Å². The summed E-state index contributed by atoms with van der Waals surface area (Å²) in [5.41, 5.74) is -1.27. The third-order valence-electron chi connectivity index (χ3n) is 4.48. The number of ether oxygens (including phenoxy) is 1. The van der Waals surface area contributed by atoms with Crippen LogP contribution in [-0.4, -0.2) is 26.7 Å². The molecule has 1 amide bonds. The fourth-order valence-corrected chi connectivity index (χ4v) is 3.63. The molecule has 1 atom stereocenters. The molecule has 12 heteroatoms. The van der Waals surface area contributed by atoms with Gasteiger partial charge in [0.1, 0.15) is 11.4 Å². The smallest absolute Gasteiger partial charge is 0.416 e. The molecule has 0 bridgehead atoms. The number of nitrogens with one attached hydrogen (secondary N) is 2. The number of aryl methyl sites for hydroxylation is 1. The summed E-state index contributed by atoms with van der Waals surface area (Å²) < 4.78 is 95.9. The molecule has 1 aliphatic heterocycles. The van der Waals surface area contributed by atoms with Crippen molar-refractivity contribution in [1.82, 2.24) is 5.32 Å². The fourth-order valence-electron chi connectivity index (χ4n) is 3.06. The molecule has 0 radical (unpaired) electrons. The SMILES string of the molecule is CS(=O)(=O)Nc1c(F)cc(CNC(=O)C2CCc3cc(C(F)(F)F)ccc3O2)cc1F. The molecule has 0 saturated carbocycles. The van der Waals surface area contributed by atoms with Crippen molar-refractivity contribution in [3.8, 4) is 5.75 Å². The summed E-state index contributed by atoms with van der Waals surface area (Å²) in [5.74, 6) is -2.76. The number of halogens is 5. The molecule has 2 aromatic carbocycles. The molecule has 1 aliphatic rings. The topological polar surface area (TPSA) is 84.5 Å². The van der Waals surface area contributed by atoms with Crippen molar-refractivity contribution >= 4 is 21.6 Å². The van der Waals surface area contributed by atoms with Crippen LogP contribution in [0.15, 0.2) is 30.3 Å². The lowest BCUT2D eigenvalue weighted by Gasteiger charge is -2.26. The molecule has 0 aliphatic carbocycles. The number of rotatable bonds is 5. The summed E-state index contributed by atoms with van der Waals surface area (Å²) in [4.78, 5) is 12.3. The van der Waals surface area contributed by atoms with E-state index in [1.54, 1.807) is 4.72 Å². The monoisotopic (exact) mass is 464 g/mol. The van der Waals surface area contributed by atoms with Crippen LogP contribution in [-0.2, 0) is 34.0 Å². The third kappa shape index (κ3) is 5.63. The largest absolute Gasteiger partial charge is 0.480 e. The lowest BCUT2D eigenvalue weighted by molar-refractivity contribution is -0.137. The van der Waals surface area contributed by atoms with E-state index in [4.69, 9.17) is 4.74 Å². The van der Waals surface area contributed by atoms with Crippen LogP contribution in [0.5, 0.6) is 5.75 Å². The van der Waals surface area contributed by atoms with E-state index in [2.05, 4.69) is 5.32 Å². The van der Waals surface area contributed by atoms with E-state index in [1.165, 1.54) is 0 Å². The number of carbonyl (C=O) groups excluding carboxylic acids is 1. The predicted molar refractivity (Wildman–Crippen MR) is 101 cm³/mol. The van der Waals surface area contributed by atoms with Gasteiger partial charge in [0.2, 0.25) is 10.0 Å². The minimum atomic E-state index is -4.49. The van der Waals surface area contributed by atoms with Crippen LogP contribution in [0.4, 0.5) is 27.6 Å². The predicted octanol–water partition coefficient (Wildman–Crippen LogP) is 3.37. The Kier molecular flexibility index (Phi) is 6.12. The average molecular weight is 464 g/mol. The zero-order valence-corrected chi connectivity index (χ0v) is 16.8. The van der Waals surface area contributed by atoms with Gasteiger partial charge in [0, 0.05) is 6.54 Å². The normalized spacial score (nSPS) is 16.3. The van der Waals surface area contributed by atoms with Crippen molar-refractivity contribution < 1.29 is 39.9 Å². The second-order valence-corrected chi connectivity index (χ2v) is 8.74. The second kappa shape index (κ2) is 8.33. The zero-order chi connectivity index (χ0) is 23.0. The molecule has 0 spiro atoms. The maximum Gasteiger partial charge on any atom is 0.416 e. The Balaban J connectivity index is 1.64. The van der Waals surface area contributed by atoms with Gasteiger partial charge in [-0.1, -0.05) is 0 Å². The van der Waals surface area contributed by atoms with Gasteiger partial charge in [-0.25, -0.2) is 17.2 Å². The van der Waals surface area contributed by atoms with Crippen molar-refractivity contribution in [3.05, 3.63) is 58.7 Å². The third-order valence-corrected chi connectivity index (χ3v) is 5.06. The molecule has 6 nitrogen and oxygen atoms in total. The van der Waals surface area contributed by atoms with Gasteiger partial charge in [0.05, 0.1) is 11.8 Å². The molecule has 0 aromatic heterocycles. The molecule has 3 rings (SSSR count). The van der Waals surface area contributed by atoms with E-state index < -0.39 is 51.1 Å². The summed E-state index contributed by atoms with van der Waals surface area (Å²) in [6.07, 6.45) is -4.41.